The molecule has 0 fully saturated rings. The molecule has 1 amide bonds. The fourth-order valence-electron chi connectivity index (χ4n) is 1.55. The van der Waals surface area contributed by atoms with Crippen LogP contribution in [0, 0.1) is 20.8 Å². The molecule has 0 atom stereocenters. The van der Waals surface area contributed by atoms with Crippen LogP contribution in [0.4, 0.5) is 0 Å². The highest BCUT2D eigenvalue weighted by molar-refractivity contribution is 5.77. The Labute approximate surface area is 102 Å². The van der Waals surface area contributed by atoms with Gasteiger partial charge in [0.15, 0.2) is 6.61 Å². The lowest BCUT2D eigenvalue weighted by Crippen LogP contribution is -2.33. The number of ether oxygens (including phenoxy) is 1. The zero-order valence-electron chi connectivity index (χ0n) is 10.7. The quantitative estimate of drug-likeness (QED) is 0.803. The SMILES string of the molecule is Cc1ccc(C)c(OCC(=O)NCCN)c1C. The van der Waals surface area contributed by atoms with E-state index in [1.807, 2.05) is 32.9 Å². The summed E-state index contributed by atoms with van der Waals surface area (Å²) in [4.78, 5) is 11.4. The van der Waals surface area contributed by atoms with E-state index in [0.717, 1.165) is 22.4 Å². The number of benzene rings is 1. The molecule has 0 saturated carbocycles. The third kappa shape index (κ3) is 3.75. The van der Waals surface area contributed by atoms with Gasteiger partial charge < -0.3 is 15.8 Å². The molecule has 1 aromatic rings. The minimum Gasteiger partial charge on any atom is -0.483 e. The van der Waals surface area contributed by atoms with Gasteiger partial charge in [-0.2, -0.15) is 0 Å². The molecule has 0 spiro atoms. The molecule has 0 aliphatic heterocycles. The summed E-state index contributed by atoms with van der Waals surface area (Å²) in [6.07, 6.45) is 0. The van der Waals surface area contributed by atoms with Crippen LogP contribution in [0.25, 0.3) is 0 Å². The molecule has 0 radical (unpaired) electrons. The Morgan fingerprint density at radius 3 is 2.59 bits per heavy atom. The van der Waals surface area contributed by atoms with Crippen molar-refractivity contribution in [2.75, 3.05) is 19.7 Å². The Morgan fingerprint density at radius 1 is 1.29 bits per heavy atom. The number of hydrogen-bond acceptors (Lipinski definition) is 3. The van der Waals surface area contributed by atoms with Crippen LogP contribution in [-0.2, 0) is 4.79 Å². The zero-order valence-corrected chi connectivity index (χ0v) is 10.7. The lowest BCUT2D eigenvalue weighted by atomic mass is 10.1. The van der Waals surface area contributed by atoms with Crippen molar-refractivity contribution in [2.45, 2.75) is 20.8 Å². The van der Waals surface area contributed by atoms with Gasteiger partial charge in [0.2, 0.25) is 0 Å². The maximum atomic E-state index is 11.4. The van der Waals surface area contributed by atoms with Crippen molar-refractivity contribution in [3.8, 4) is 5.75 Å². The Bertz CT molecular complexity index is 403. The van der Waals surface area contributed by atoms with Gasteiger partial charge >= 0.3 is 0 Å². The summed E-state index contributed by atoms with van der Waals surface area (Å²) in [5.74, 6) is 0.656. The molecule has 0 saturated heterocycles. The van der Waals surface area contributed by atoms with E-state index in [2.05, 4.69) is 5.32 Å². The zero-order chi connectivity index (χ0) is 12.8. The van der Waals surface area contributed by atoms with Crippen LogP contribution in [0.15, 0.2) is 12.1 Å². The molecule has 0 aromatic heterocycles. The van der Waals surface area contributed by atoms with Crippen molar-refractivity contribution < 1.29 is 9.53 Å². The van der Waals surface area contributed by atoms with Crippen molar-refractivity contribution in [3.05, 3.63) is 28.8 Å². The van der Waals surface area contributed by atoms with Crippen LogP contribution in [-0.4, -0.2) is 25.6 Å². The van der Waals surface area contributed by atoms with E-state index in [9.17, 15) is 4.79 Å². The highest BCUT2D eigenvalue weighted by Crippen LogP contribution is 2.25. The minimum atomic E-state index is -0.143. The van der Waals surface area contributed by atoms with Gasteiger partial charge in [0.1, 0.15) is 5.75 Å². The Morgan fingerprint density at radius 2 is 1.94 bits per heavy atom. The summed E-state index contributed by atoms with van der Waals surface area (Å²) in [6.45, 7) is 6.94. The molecule has 94 valence electrons. The van der Waals surface area contributed by atoms with E-state index < -0.39 is 0 Å². The highest BCUT2D eigenvalue weighted by atomic mass is 16.5. The molecular formula is C13H20N2O2. The molecule has 0 bridgehead atoms. The van der Waals surface area contributed by atoms with Crippen molar-refractivity contribution >= 4 is 5.91 Å². The lowest BCUT2D eigenvalue weighted by Gasteiger charge is -2.13. The summed E-state index contributed by atoms with van der Waals surface area (Å²) in [5.41, 5.74) is 8.58. The normalized spacial score (nSPS) is 10.1. The predicted molar refractivity (Wildman–Crippen MR) is 68.2 cm³/mol. The minimum absolute atomic E-state index is 0.0329. The molecule has 0 heterocycles. The van der Waals surface area contributed by atoms with Crippen molar-refractivity contribution in [1.29, 1.82) is 0 Å². The molecule has 4 nitrogen and oxygen atoms in total. The number of nitrogens with one attached hydrogen (secondary N) is 1. The molecule has 1 rings (SSSR count). The molecule has 0 aliphatic rings. The second-order valence-electron chi connectivity index (χ2n) is 4.08. The Hall–Kier alpha value is -1.55. The number of rotatable bonds is 5. The first-order chi connectivity index (χ1) is 8.06. The van der Waals surface area contributed by atoms with Crippen molar-refractivity contribution in [1.82, 2.24) is 5.32 Å². The van der Waals surface area contributed by atoms with E-state index in [1.54, 1.807) is 0 Å². The van der Waals surface area contributed by atoms with E-state index in [0.29, 0.717) is 13.1 Å². The Kier molecular flexibility index (Phi) is 4.97. The monoisotopic (exact) mass is 236 g/mol. The summed E-state index contributed by atoms with van der Waals surface area (Å²) >= 11 is 0. The van der Waals surface area contributed by atoms with Crippen LogP contribution < -0.4 is 15.8 Å². The second kappa shape index (κ2) is 6.25. The third-order valence-corrected chi connectivity index (χ3v) is 2.69. The predicted octanol–water partition coefficient (Wildman–Crippen LogP) is 1.07. The van der Waals surface area contributed by atoms with E-state index in [4.69, 9.17) is 10.5 Å². The summed E-state index contributed by atoms with van der Waals surface area (Å²) in [5, 5.41) is 2.67. The van der Waals surface area contributed by atoms with Gasteiger partial charge in [0.25, 0.3) is 5.91 Å². The first-order valence-corrected chi connectivity index (χ1v) is 5.72. The fourth-order valence-corrected chi connectivity index (χ4v) is 1.55. The fraction of sp³-hybridized carbons (Fsp3) is 0.462. The average molecular weight is 236 g/mol. The first kappa shape index (κ1) is 13.5. The van der Waals surface area contributed by atoms with Crippen LogP contribution in [0.5, 0.6) is 5.75 Å². The largest absolute Gasteiger partial charge is 0.483 e. The van der Waals surface area contributed by atoms with Gasteiger partial charge in [-0.1, -0.05) is 12.1 Å². The molecule has 17 heavy (non-hydrogen) atoms. The van der Waals surface area contributed by atoms with E-state index >= 15 is 0 Å². The van der Waals surface area contributed by atoms with Crippen molar-refractivity contribution in [2.24, 2.45) is 5.73 Å². The number of aryl methyl sites for hydroxylation is 2. The maximum absolute atomic E-state index is 11.4. The third-order valence-electron chi connectivity index (χ3n) is 2.69. The summed E-state index contributed by atoms with van der Waals surface area (Å²) < 4.78 is 5.55. The smallest absolute Gasteiger partial charge is 0.257 e. The van der Waals surface area contributed by atoms with Crippen LogP contribution in [0.2, 0.25) is 0 Å². The number of amides is 1. The standard InChI is InChI=1S/C13H20N2O2/c1-9-4-5-10(2)13(11(9)3)17-8-12(16)15-7-6-14/h4-5H,6-8,14H2,1-3H3,(H,15,16). The number of carbonyl (C=O) groups excluding carboxylic acids is 1. The van der Waals surface area contributed by atoms with E-state index in [-0.39, 0.29) is 12.5 Å². The van der Waals surface area contributed by atoms with Gasteiger partial charge in [-0.05, 0) is 37.5 Å². The highest BCUT2D eigenvalue weighted by Gasteiger charge is 2.08. The Balaban J connectivity index is 2.63. The molecular weight excluding hydrogens is 216 g/mol. The van der Waals surface area contributed by atoms with Crippen LogP contribution in [0.1, 0.15) is 16.7 Å². The van der Waals surface area contributed by atoms with Crippen LogP contribution >= 0.6 is 0 Å². The number of hydrogen-bond donors (Lipinski definition) is 2. The topological polar surface area (TPSA) is 64.3 Å². The molecule has 0 aliphatic carbocycles. The van der Waals surface area contributed by atoms with E-state index in [1.165, 1.54) is 0 Å². The number of nitrogens with two attached hydrogens (primary N) is 1. The average Bonchev–Trinajstić information content (AvgIpc) is 2.31. The van der Waals surface area contributed by atoms with Crippen molar-refractivity contribution in [3.63, 3.8) is 0 Å². The lowest BCUT2D eigenvalue weighted by molar-refractivity contribution is -0.123. The maximum Gasteiger partial charge on any atom is 0.257 e. The molecule has 3 N–H and O–H groups in total. The molecule has 0 unspecified atom stereocenters. The van der Waals surface area contributed by atoms with Gasteiger partial charge in [-0.3, -0.25) is 4.79 Å². The van der Waals surface area contributed by atoms with Gasteiger partial charge in [0, 0.05) is 13.1 Å². The second-order valence-corrected chi connectivity index (χ2v) is 4.08. The van der Waals surface area contributed by atoms with Crippen LogP contribution in [0.3, 0.4) is 0 Å². The number of carbonyl (C=O) groups is 1. The molecule has 4 heteroatoms. The molecule has 1 aromatic carbocycles. The summed E-state index contributed by atoms with van der Waals surface area (Å²) in [6, 6.07) is 4.04. The van der Waals surface area contributed by atoms with Gasteiger partial charge in [-0.25, -0.2) is 0 Å². The summed E-state index contributed by atoms with van der Waals surface area (Å²) in [7, 11) is 0. The first-order valence-electron chi connectivity index (χ1n) is 5.72. The van der Waals surface area contributed by atoms with Gasteiger partial charge in [0.05, 0.1) is 0 Å². The van der Waals surface area contributed by atoms with Gasteiger partial charge in [-0.15, -0.1) is 0 Å².